The van der Waals surface area contributed by atoms with Gasteiger partial charge in [0.25, 0.3) is 0 Å². The summed E-state index contributed by atoms with van der Waals surface area (Å²) < 4.78 is 0. The molecule has 0 N–H and O–H groups in total. The summed E-state index contributed by atoms with van der Waals surface area (Å²) in [7, 11) is 2.12. The van der Waals surface area contributed by atoms with Crippen LogP contribution in [0.5, 0.6) is 0 Å². The van der Waals surface area contributed by atoms with Crippen LogP contribution in [0.4, 0.5) is 5.82 Å². The zero-order valence-corrected chi connectivity index (χ0v) is 11.9. The van der Waals surface area contributed by atoms with E-state index in [2.05, 4.69) is 39.0 Å². The summed E-state index contributed by atoms with van der Waals surface area (Å²) in [5, 5.41) is 0. The van der Waals surface area contributed by atoms with Gasteiger partial charge in [0.1, 0.15) is 12.1 Å². The first-order chi connectivity index (χ1) is 9.84. The molecule has 20 heavy (non-hydrogen) atoms. The number of nitrogens with zero attached hydrogens (tertiary/aromatic N) is 4. The minimum atomic E-state index is 0.966. The molecule has 0 bridgehead atoms. The third kappa shape index (κ3) is 2.79. The van der Waals surface area contributed by atoms with Crippen LogP contribution in [0.15, 0.2) is 30.9 Å². The maximum absolute atomic E-state index is 4.51. The Morgan fingerprint density at radius 3 is 2.75 bits per heavy atom. The Morgan fingerprint density at radius 1 is 1.10 bits per heavy atom. The van der Waals surface area contributed by atoms with Gasteiger partial charge in [-0.3, -0.25) is 4.98 Å². The zero-order chi connectivity index (χ0) is 13.8. The summed E-state index contributed by atoms with van der Waals surface area (Å²) in [6.07, 6.45) is 11.1. The molecule has 4 heteroatoms. The molecular weight excluding hydrogens is 248 g/mol. The molecule has 2 aromatic rings. The van der Waals surface area contributed by atoms with Gasteiger partial charge >= 0.3 is 0 Å². The molecule has 0 radical (unpaired) electrons. The second-order valence-electron chi connectivity index (χ2n) is 5.36. The fraction of sp³-hybridized carbons (Fsp3) is 0.438. The Kier molecular flexibility index (Phi) is 3.90. The number of aromatic nitrogens is 3. The zero-order valence-electron chi connectivity index (χ0n) is 11.9. The van der Waals surface area contributed by atoms with Crippen LogP contribution in [0.3, 0.4) is 0 Å². The van der Waals surface area contributed by atoms with E-state index in [-0.39, 0.29) is 0 Å². The molecule has 0 amide bonds. The molecule has 1 aliphatic carbocycles. The molecule has 0 fully saturated rings. The largest absolute Gasteiger partial charge is 0.359 e. The lowest BCUT2D eigenvalue weighted by Gasteiger charge is -2.24. The van der Waals surface area contributed by atoms with Gasteiger partial charge in [-0.1, -0.05) is 0 Å². The smallest absolute Gasteiger partial charge is 0.135 e. The van der Waals surface area contributed by atoms with Crippen molar-refractivity contribution in [3.05, 3.63) is 47.7 Å². The molecule has 0 saturated carbocycles. The lowest BCUT2D eigenvalue weighted by atomic mass is 9.96. The molecule has 0 unspecified atom stereocenters. The Labute approximate surface area is 119 Å². The van der Waals surface area contributed by atoms with Crippen LogP contribution < -0.4 is 4.90 Å². The molecule has 4 nitrogen and oxygen atoms in total. The van der Waals surface area contributed by atoms with E-state index in [4.69, 9.17) is 0 Å². The lowest BCUT2D eigenvalue weighted by Crippen LogP contribution is -2.24. The van der Waals surface area contributed by atoms with E-state index in [0.29, 0.717) is 0 Å². The van der Waals surface area contributed by atoms with Gasteiger partial charge in [-0.15, -0.1) is 0 Å². The van der Waals surface area contributed by atoms with Gasteiger partial charge in [-0.05, 0) is 49.8 Å². The second kappa shape index (κ2) is 5.99. The normalized spacial score (nSPS) is 13.8. The van der Waals surface area contributed by atoms with E-state index in [9.17, 15) is 0 Å². The van der Waals surface area contributed by atoms with E-state index in [1.165, 1.54) is 29.7 Å². The quantitative estimate of drug-likeness (QED) is 0.854. The molecule has 1 aliphatic rings. The maximum atomic E-state index is 4.51. The molecule has 0 spiro atoms. The van der Waals surface area contributed by atoms with E-state index in [1.54, 1.807) is 6.33 Å². The van der Waals surface area contributed by atoms with Gasteiger partial charge in [0.05, 0.1) is 0 Å². The maximum Gasteiger partial charge on any atom is 0.135 e. The van der Waals surface area contributed by atoms with Crippen molar-refractivity contribution in [1.82, 2.24) is 15.0 Å². The van der Waals surface area contributed by atoms with Crippen molar-refractivity contribution in [2.75, 3.05) is 18.5 Å². The van der Waals surface area contributed by atoms with Gasteiger partial charge in [0, 0.05) is 37.2 Å². The van der Waals surface area contributed by atoms with Crippen LogP contribution >= 0.6 is 0 Å². The van der Waals surface area contributed by atoms with Crippen LogP contribution in [-0.4, -0.2) is 28.5 Å². The van der Waals surface area contributed by atoms with Crippen LogP contribution in [0, 0.1) is 0 Å². The van der Waals surface area contributed by atoms with Crippen LogP contribution in [0.2, 0.25) is 0 Å². The number of hydrogen-bond acceptors (Lipinski definition) is 4. The van der Waals surface area contributed by atoms with E-state index in [1.807, 2.05) is 12.4 Å². The number of pyridine rings is 1. The number of rotatable bonds is 4. The highest BCUT2D eigenvalue weighted by Gasteiger charge is 2.17. The molecule has 0 saturated heterocycles. The Balaban J connectivity index is 1.72. The van der Waals surface area contributed by atoms with E-state index in [0.717, 1.165) is 31.6 Å². The van der Waals surface area contributed by atoms with Crippen molar-refractivity contribution in [1.29, 1.82) is 0 Å². The minimum absolute atomic E-state index is 0.966. The van der Waals surface area contributed by atoms with Crippen LogP contribution in [0.1, 0.15) is 29.7 Å². The average molecular weight is 268 g/mol. The van der Waals surface area contributed by atoms with Gasteiger partial charge in [0.2, 0.25) is 0 Å². The first-order valence-corrected chi connectivity index (χ1v) is 7.27. The number of hydrogen-bond donors (Lipinski definition) is 0. The molecule has 0 atom stereocenters. The van der Waals surface area contributed by atoms with Crippen molar-refractivity contribution < 1.29 is 0 Å². The first kappa shape index (κ1) is 13.0. The highest BCUT2D eigenvalue weighted by molar-refractivity contribution is 5.49. The summed E-state index contributed by atoms with van der Waals surface area (Å²) >= 11 is 0. The van der Waals surface area contributed by atoms with Crippen molar-refractivity contribution in [3.8, 4) is 0 Å². The van der Waals surface area contributed by atoms with Gasteiger partial charge in [-0.25, -0.2) is 9.97 Å². The molecule has 2 aromatic heterocycles. The summed E-state index contributed by atoms with van der Waals surface area (Å²) in [5.74, 6) is 1.11. The third-order valence-corrected chi connectivity index (χ3v) is 3.95. The molecular formula is C16H20N4. The number of fused-ring (bicyclic) bond motifs is 1. The van der Waals surface area contributed by atoms with Gasteiger partial charge < -0.3 is 4.90 Å². The Bertz CT molecular complexity index is 568. The predicted octanol–water partition coefficient (Wildman–Crippen LogP) is 2.43. The summed E-state index contributed by atoms with van der Waals surface area (Å²) in [5.41, 5.74) is 3.92. The molecule has 3 rings (SSSR count). The highest BCUT2D eigenvalue weighted by Crippen LogP contribution is 2.26. The monoisotopic (exact) mass is 268 g/mol. The van der Waals surface area contributed by atoms with Crippen molar-refractivity contribution in [2.24, 2.45) is 0 Å². The lowest BCUT2D eigenvalue weighted by molar-refractivity contribution is 0.657. The standard InChI is InChI=1S/C16H20N4/c1-20(11-8-13-6-9-17-10-7-13)16-14-4-2-3-5-15(14)18-12-19-16/h6-7,9-10,12H,2-5,8,11H2,1H3. The first-order valence-electron chi connectivity index (χ1n) is 7.27. The number of aryl methyl sites for hydroxylation is 1. The Morgan fingerprint density at radius 2 is 1.90 bits per heavy atom. The van der Waals surface area contributed by atoms with Crippen LogP contribution in [0.25, 0.3) is 0 Å². The van der Waals surface area contributed by atoms with Crippen molar-refractivity contribution >= 4 is 5.82 Å². The summed E-state index contributed by atoms with van der Waals surface area (Å²) in [6, 6.07) is 4.15. The third-order valence-electron chi connectivity index (χ3n) is 3.95. The van der Waals surface area contributed by atoms with Crippen LogP contribution in [-0.2, 0) is 19.3 Å². The SMILES string of the molecule is CN(CCc1ccncc1)c1ncnc2c1CCCC2. The van der Waals surface area contributed by atoms with Gasteiger partial charge in [0.15, 0.2) is 0 Å². The second-order valence-corrected chi connectivity index (χ2v) is 5.36. The minimum Gasteiger partial charge on any atom is -0.359 e. The number of likely N-dealkylation sites (N-methyl/N-ethyl adjacent to an activating group) is 1. The number of anilines is 1. The predicted molar refractivity (Wildman–Crippen MR) is 79.9 cm³/mol. The molecule has 2 heterocycles. The van der Waals surface area contributed by atoms with E-state index >= 15 is 0 Å². The van der Waals surface area contributed by atoms with Crippen molar-refractivity contribution in [3.63, 3.8) is 0 Å². The van der Waals surface area contributed by atoms with Crippen molar-refractivity contribution in [2.45, 2.75) is 32.1 Å². The Hall–Kier alpha value is -1.97. The average Bonchev–Trinajstić information content (AvgIpc) is 2.53. The molecule has 104 valence electrons. The fourth-order valence-electron chi connectivity index (χ4n) is 2.79. The summed E-state index contributed by atoms with van der Waals surface area (Å²) in [6.45, 7) is 0.966. The van der Waals surface area contributed by atoms with Gasteiger partial charge in [-0.2, -0.15) is 0 Å². The van der Waals surface area contributed by atoms with E-state index < -0.39 is 0 Å². The topological polar surface area (TPSA) is 41.9 Å². The summed E-state index contributed by atoms with van der Waals surface area (Å²) in [4.78, 5) is 15.3. The molecule has 0 aromatic carbocycles. The fourth-order valence-corrected chi connectivity index (χ4v) is 2.79. The molecule has 0 aliphatic heterocycles. The highest BCUT2D eigenvalue weighted by atomic mass is 15.2.